The van der Waals surface area contributed by atoms with Crippen molar-refractivity contribution in [3.05, 3.63) is 72.2 Å². The fourth-order valence-electron chi connectivity index (χ4n) is 3.20. The van der Waals surface area contributed by atoms with Crippen molar-refractivity contribution >= 4 is 17.4 Å². The Morgan fingerprint density at radius 3 is 2.86 bits per heavy atom. The fourth-order valence-corrected chi connectivity index (χ4v) is 3.20. The molecule has 1 aromatic heterocycles. The molecule has 1 aliphatic carbocycles. The average Bonchev–Trinajstić information content (AvgIpc) is 3.22. The first kappa shape index (κ1) is 17.2. The van der Waals surface area contributed by atoms with Crippen molar-refractivity contribution in [2.24, 2.45) is 4.99 Å². The molecule has 3 aromatic rings. The van der Waals surface area contributed by atoms with Crippen molar-refractivity contribution < 1.29 is 23.0 Å². The quantitative estimate of drug-likeness (QED) is 0.724. The molecule has 2 atom stereocenters. The van der Waals surface area contributed by atoms with Gasteiger partial charge in [0.25, 0.3) is 0 Å². The van der Waals surface area contributed by atoms with Crippen LogP contribution in [-0.4, -0.2) is 27.8 Å². The molecule has 0 spiro atoms. The average molecular weight is 394 g/mol. The van der Waals surface area contributed by atoms with Gasteiger partial charge in [-0.15, -0.1) is 0 Å². The Kier molecular flexibility index (Phi) is 3.94. The van der Waals surface area contributed by atoms with Gasteiger partial charge in [0.2, 0.25) is 5.88 Å². The van der Waals surface area contributed by atoms with Gasteiger partial charge in [-0.05, 0) is 30.3 Å². The number of rotatable bonds is 3. The van der Waals surface area contributed by atoms with Crippen LogP contribution in [0.5, 0.6) is 17.4 Å². The summed E-state index contributed by atoms with van der Waals surface area (Å²) in [5, 5.41) is 2.30. The van der Waals surface area contributed by atoms with E-state index in [9.17, 15) is 13.6 Å². The van der Waals surface area contributed by atoms with E-state index in [-0.39, 0.29) is 17.7 Å². The first-order chi connectivity index (χ1) is 14.1. The maximum Gasteiger partial charge on any atom is 0.345 e. The third-order valence-corrected chi connectivity index (χ3v) is 4.55. The van der Waals surface area contributed by atoms with E-state index in [1.807, 2.05) is 6.07 Å². The smallest absolute Gasteiger partial charge is 0.345 e. The number of nitrogens with one attached hydrogen (secondary N) is 1. The molecule has 9 heteroatoms. The van der Waals surface area contributed by atoms with Crippen LogP contribution in [0.3, 0.4) is 0 Å². The predicted molar refractivity (Wildman–Crippen MR) is 98.5 cm³/mol. The first-order valence-corrected chi connectivity index (χ1v) is 8.67. The highest BCUT2D eigenvalue weighted by Crippen LogP contribution is 2.52. The van der Waals surface area contributed by atoms with E-state index in [0.717, 1.165) is 17.7 Å². The molecule has 1 aliphatic heterocycles. The largest absolute Gasteiger partial charge is 0.483 e. The Bertz CT molecular complexity index is 1150. The highest BCUT2D eigenvalue weighted by atomic mass is 19.1. The number of fused-ring (bicyclic) bond motifs is 3. The molecule has 2 aliphatic rings. The lowest BCUT2D eigenvalue weighted by Gasteiger charge is -2.08. The maximum atomic E-state index is 13.7. The number of anilines is 1. The second-order valence-electron chi connectivity index (χ2n) is 6.46. The zero-order valence-electron chi connectivity index (χ0n) is 14.7. The maximum absolute atomic E-state index is 13.7. The SMILES string of the molecule is O=C(/N=C1\[C@H]2Oc3ccc(Oc4ccncn4)cc3[C@@H]12)Nc1ccc(F)cc1F. The number of ether oxygens (including phenoxy) is 2. The van der Waals surface area contributed by atoms with Gasteiger partial charge in [0, 0.05) is 23.9 Å². The molecule has 5 rings (SSSR count). The first-order valence-electron chi connectivity index (χ1n) is 8.67. The van der Waals surface area contributed by atoms with Crippen molar-refractivity contribution in [2.45, 2.75) is 12.0 Å². The van der Waals surface area contributed by atoms with Crippen molar-refractivity contribution in [1.29, 1.82) is 0 Å². The molecule has 1 N–H and O–H groups in total. The van der Waals surface area contributed by atoms with E-state index in [4.69, 9.17) is 9.47 Å². The molecule has 2 heterocycles. The Morgan fingerprint density at radius 2 is 2.07 bits per heavy atom. The second kappa shape index (κ2) is 6.62. The molecule has 2 aromatic carbocycles. The van der Waals surface area contributed by atoms with Crippen molar-refractivity contribution in [3.8, 4) is 17.4 Å². The van der Waals surface area contributed by atoms with Crippen LogP contribution in [0.2, 0.25) is 0 Å². The van der Waals surface area contributed by atoms with E-state index >= 15 is 0 Å². The van der Waals surface area contributed by atoms with Crippen LogP contribution < -0.4 is 14.8 Å². The number of carbonyl (C=O) groups excluding carboxylic acids is 1. The number of carbonyl (C=O) groups is 1. The van der Waals surface area contributed by atoms with Gasteiger partial charge in [0.05, 0.1) is 17.3 Å². The third kappa shape index (κ3) is 3.27. The summed E-state index contributed by atoms with van der Waals surface area (Å²) in [6.45, 7) is 0. The van der Waals surface area contributed by atoms with Gasteiger partial charge >= 0.3 is 6.03 Å². The topological polar surface area (TPSA) is 85.7 Å². The molecule has 0 unspecified atom stereocenters. The summed E-state index contributed by atoms with van der Waals surface area (Å²) in [5.74, 6) is -0.102. The van der Waals surface area contributed by atoms with E-state index in [2.05, 4.69) is 20.3 Å². The second-order valence-corrected chi connectivity index (χ2v) is 6.46. The minimum absolute atomic E-state index is 0.145. The van der Waals surface area contributed by atoms with Crippen LogP contribution in [0.15, 0.2) is 60.0 Å². The summed E-state index contributed by atoms with van der Waals surface area (Å²) in [6.07, 6.45) is 2.63. The summed E-state index contributed by atoms with van der Waals surface area (Å²) in [4.78, 5) is 23.9. The monoisotopic (exact) mass is 394 g/mol. The van der Waals surface area contributed by atoms with Gasteiger partial charge in [0.1, 0.15) is 35.6 Å². The Balaban J connectivity index is 1.31. The van der Waals surface area contributed by atoms with E-state index in [1.165, 1.54) is 6.33 Å². The Hall–Kier alpha value is -3.88. The number of benzene rings is 2. The van der Waals surface area contributed by atoms with Crippen LogP contribution in [0.4, 0.5) is 19.3 Å². The lowest BCUT2D eigenvalue weighted by molar-refractivity contribution is 0.259. The summed E-state index contributed by atoms with van der Waals surface area (Å²) < 4.78 is 38.1. The minimum atomic E-state index is -0.873. The van der Waals surface area contributed by atoms with Crippen LogP contribution in [0, 0.1) is 11.6 Å². The molecule has 0 radical (unpaired) electrons. The predicted octanol–water partition coefficient (Wildman–Crippen LogP) is 4.08. The van der Waals surface area contributed by atoms with Gasteiger partial charge < -0.3 is 14.8 Å². The van der Waals surface area contributed by atoms with Gasteiger partial charge in [-0.25, -0.2) is 23.5 Å². The number of amides is 2. The van der Waals surface area contributed by atoms with Crippen LogP contribution >= 0.6 is 0 Å². The molecule has 144 valence electrons. The van der Waals surface area contributed by atoms with Gasteiger partial charge in [-0.2, -0.15) is 4.99 Å². The highest BCUT2D eigenvalue weighted by Gasteiger charge is 2.56. The molecule has 0 saturated heterocycles. The number of halogens is 2. The number of hydrogen-bond acceptors (Lipinski definition) is 5. The molecule has 1 saturated carbocycles. The number of hydrogen-bond donors (Lipinski definition) is 1. The van der Waals surface area contributed by atoms with Gasteiger partial charge in [-0.1, -0.05) is 0 Å². The summed E-state index contributed by atoms with van der Waals surface area (Å²) in [7, 11) is 0. The van der Waals surface area contributed by atoms with Gasteiger partial charge in [-0.3, -0.25) is 0 Å². The molecule has 1 fully saturated rings. The van der Waals surface area contributed by atoms with Crippen molar-refractivity contribution in [2.75, 3.05) is 5.32 Å². The molecule has 29 heavy (non-hydrogen) atoms. The third-order valence-electron chi connectivity index (χ3n) is 4.55. The number of nitrogens with zero attached hydrogens (tertiary/aromatic N) is 3. The zero-order chi connectivity index (χ0) is 20.0. The molecule has 0 bridgehead atoms. The zero-order valence-corrected chi connectivity index (χ0v) is 14.7. The summed E-state index contributed by atoms with van der Waals surface area (Å²) in [5.41, 5.74) is 1.24. The summed E-state index contributed by atoms with van der Waals surface area (Å²) in [6, 6.07) is 9.11. The summed E-state index contributed by atoms with van der Waals surface area (Å²) >= 11 is 0. The van der Waals surface area contributed by atoms with E-state index < -0.39 is 17.7 Å². The standard InChI is InChI=1S/C20H12F2N4O3/c21-10-1-3-14(13(22)7-10)25-20(27)26-18-17-12-8-11(2-4-15(12)29-19(17)18)28-16-5-6-23-9-24-16/h1-9,17,19H,(H,25,27)/b26-18-/t17-,19-/m0/s1. The molecule has 7 nitrogen and oxygen atoms in total. The normalized spacial score (nSPS) is 19.9. The molecule has 2 amide bonds. The van der Waals surface area contributed by atoms with Crippen LogP contribution in [-0.2, 0) is 0 Å². The van der Waals surface area contributed by atoms with E-state index in [1.54, 1.807) is 24.4 Å². The lowest BCUT2D eigenvalue weighted by atomic mass is 10.1. The van der Waals surface area contributed by atoms with Gasteiger partial charge in [0.15, 0.2) is 0 Å². The fraction of sp³-hybridized carbons (Fsp3) is 0.100. The highest BCUT2D eigenvalue weighted by molar-refractivity contribution is 6.18. The Labute approximate surface area is 163 Å². The molecular weight excluding hydrogens is 382 g/mol. The Morgan fingerprint density at radius 1 is 1.17 bits per heavy atom. The minimum Gasteiger partial charge on any atom is -0.483 e. The lowest BCUT2D eigenvalue weighted by Crippen LogP contribution is -2.10. The van der Waals surface area contributed by atoms with Crippen molar-refractivity contribution in [3.63, 3.8) is 0 Å². The van der Waals surface area contributed by atoms with E-state index in [0.29, 0.717) is 29.2 Å². The number of aromatic nitrogens is 2. The van der Waals surface area contributed by atoms with Crippen molar-refractivity contribution in [1.82, 2.24) is 9.97 Å². The molecular formula is C20H12F2N4O3. The van der Waals surface area contributed by atoms with Crippen LogP contribution in [0.25, 0.3) is 0 Å². The number of urea groups is 1. The van der Waals surface area contributed by atoms with Crippen LogP contribution in [0.1, 0.15) is 11.5 Å². The number of aliphatic imine (C=N–C) groups is 1.